The van der Waals surface area contributed by atoms with Gasteiger partial charge in [-0.25, -0.2) is 4.39 Å². The first kappa shape index (κ1) is 24.5. The highest BCUT2D eigenvalue weighted by Crippen LogP contribution is 2.24. The molecule has 1 fully saturated rings. The van der Waals surface area contributed by atoms with Crippen molar-refractivity contribution in [3.05, 3.63) is 69.5 Å². The maximum atomic E-state index is 13.3. The molecule has 0 aliphatic carbocycles. The molecule has 1 aliphatic rings. The van der Waals surface area contributed by atoms with Crippen LogP contribution in [0.4, 0.5) is 4.39 Å². The molecule has 0 bridgehead atoms. The maximum absolute atomic E-state index is 13.3. The highest BCUT2D eigenvalue weighted by Gasteiger charge is 2.28. The lowest BCUT2D eigenvalue weighted by Crippen LogP contribution is -2.51. The van der Waals surface area contributed by atoms with Crippen LogP contribution in [0, 0.1) is 5.82 Å². The Labute approximate surface area is 197 Å². The minimum atomic E-state index is -0.395. The molecule has 2 amide bonds. The Bertz CT molecular complexity index is 956. The summed E-state index contributed by atoms with van der Waals surface area (Å²) in [5.41, 5.74) is 0.858. The van der Waals surface area contributed by atoms with Gasteiger partial charge in [0, 0.05) is 43.9 Å². The van der Waals surface area contributed by atoms with Crippen molar-refractivity contribution in [2.75, 3.05) is 53.4 Å². The van der Waals surface area contributed by atoms with E-state index in [-0.39, 0.29) is 17.9 Å². The van der Waals surface area contributed by atoms with Crippen LogP contribution in [-0.2, 0) is 4.74 Å². The predicted octanol–water partition coefficient (Wildman–Crippen LogP) is 3.68. The summed E-state index contributed by atoms with van der Waals surface area (Å²) in [4.78, 5) is 31.4. The molecule has 0 saturated carbocycles. The van der Waals surface area contributed by atoms with Gasteiger partial charge in [-0.2, -0.15) is 0 Å². The van der Waals surface area contributed by atoms with Crippen molar-refractivity contribution in [2.24, 2.45) is 0 Å². The Balaban J connectivity index is 1.70. The second kappa shape index (κ2) is 11.1. The van der Waals surface area contributed by atoms with Crippen molar-refractivity contribution < 1.29 is 18.7 Å². The third-order valence-corrected chi connectivity index (χ3v) is 5.95. The van der Waals surface area contributed by atoms with Crippen LogP contribution in [0.15, 0.2) is 42.5 Å². The second-order valence-electron chi connectivity index (χ2n) is 7.93. The van der Waals surface area contributed by atoms with E-state index in [0.717, 1.165) is 0 Å². The van der Waals surface area contributed by atoms with E-state index in [9.17, 15) is 14.0 Å². The van der Waals surface area contributed by atoms with E-state index in [4.69, 9.17) is 27.9 Å². The summed E-state index contributed by atoms with van der Waals surface area (Å²) in [5.74, 6) is -0.765. The third kappa shape index (κ3) is 6.42. The van der Waals surface area contributed by atoms with Crippen molar-refractivity contribution in [3.8, 4) is 0 Å². The van der Waals surface area contributed by atoms with E-state index in [0.29, 0.717) is 60.5 Å². The number of morpholine rings is 1. The van der Waals surface area contributed by atoms with Crippen LogP contribution in [0.2, 0.25) is 10.0 Å². The van der Waals surface area contributed by atoms with Crippen molar-refractivity contribution >= 4 is 35.0 Å². The molecule has 1 aliphatic heterocycles. The molecule has 0 N–H and O–H groups in total. The van der Waals surface area contributed by atoms with E-state index in [1.54, 1.807) is 28.0 Å². The van der Waals surface area contributed by atoms with Crippen molar-refractivity contribution in [1.82, 2.24) is 14.7 Å². The number of carbonyl (C=O) groups is 2. The molecule has 1 saturated heterocycles. The van der Waals surface area contributed by atoms with Gasteiger partial charge in [-0.05, 0) is 56.6 Å². The van der Waals surface area contributed by atoms with Gasteiger partial charge in [0.15, 0.2) is 0 Å². The molecule has 3 rings (SSSR count). The van der Waals surface area contributed by atoms with Gasteiger partial charge in [0.2, 0.25) is 0 Å². The Morgan fingerprint density at radius 3 is 2.41 bits per heavy atom. The SMILES string of the molecule is CN(C)CCN(C[C@@H]1CN(C(=O)c2ccc(Cl)c(Cl)c2)CCO1)C(=O)c1ccc(F)cc1. The summed E-state index contributed by atoms with van der Waals surface area (Å²) in [5, 5.41) is 0.709. The van der Waals surface area contributed by atoms with Crippen LogP contribution in [0.25, 0.3) is 0 Å². The van der Waals surface area contributed by atoms with Crippen LogP contribution >= 0.6 is 23.2 Å². The molecule has 9 heteroatoms. The van der Waals surface area contributed by atoms with Crippen molar-refractivity contribution in [2.45, 2.75) is 6.10 Å². The summed E-state index contributed by atoms with van der Waals surface area (Å²) >= 11 is 12.0. The smallest absolute Gasteiger partial charge is 0.254 e. The number of hydrogen-bond donors (Lipinski definition) is 0. The quantitative estimate of drug-likeness (QED) is 0.605. The van der Waals surface area contributed by atoms with Crippen LogP contribution in [0.3, 0.4) is 0 Å². The Hall–Kier alpha value is -2.19. The van der Waals surface area contributed by atoms with Gasteiger partial charge >= 0.3 is 0 Å². The fourth-order valence-corrected chi connectivity index (χ4v) is 3.74. The normalized spacial score (nSPS) is 16.3. The first-order valence-corrected chi connectivity index (χ1v) is 11.1. The van der Waals surface area contributed by atoms with E-state index >= 15 is 0 Å². The van der Waals surface area contributed by atoms with Gasteiger partial charge < -0.3 is 19.4 Å². The lowest BCUT2D eigenvalue weighted by Gasteiger charge is -2.36. The molecule has 0 radical (unpaired) electrons. The zero-order valence-electron chi connectivity index (χ0n) is 18.1. The van der Waals surface area contributed by atoms with Gasteiger partial charge in [0.25, 0.3) is 11.8 Å². The fraction of sp³-hybridized carbons (Fsp3) is 0.391. The highest BCUT2D eigenvalue weighted by atomic mass is 35.5. The number of carbonyl (C=O) groups excluding carboxylic acids is 2. The highest BCUT2D eigenvalue weighted by molar-refractivity contribution is 6.42. The fourth-order valence-electron chi connectivity index (χ4n) is 3.44. The maximum Gasteiger partial charge on any atom is 0.254 e. The minimum Gasteiger partial charge on any atom is -0.373 e. The molecular weight excluding hydrogens is 456 g/mol. The molecule has 6 nitrogen and oxygen atoms in total. The molecule has 2 aromatic rings. The van der Waals surface area contributed by atoms with Crippen molar-refractivity contribution in [3.63, 3.8) is 0 Å². The average molecular weight is 482 g/mol. The largest absolute Gasteiger partial charge is 0.373 e. The monoisotopic (exact) mass is 481 g/mol. The second-order valence-corrected chi connectivity index (χ2v) is 8.75. The topological polar surface area (TPSA) is 53.1 Å². The zero-order valence-corrected chi connectivity index (χ0v) is 19.6. The summed E-state index contributed by atoms with van der Waals surface area (Å²) in [6.07, 6.45) is -0.345. The summed E-state index contributed by atoms with van der Waals surface area (Å²) in [7, 11) is 3.85. The Kier molecular flexibility index (Phi) is 8.48. The molecule has 32 heavy (non-hydrogen) atoms. The van der Waals surface area contributed by atoms with Crippen molar-refractivity contribution in [1.29, 1.82) is 0 Å². The van der Waals surface area contributed by atoms with Gasteiger partial charge in [0.05, 0.1) is 22.8 Å². The zero-order chi connectivity index (χ0) is 23.3. The molecule has 172 valence electrons. The molecule has 0 spiro atoms. The van der Waals surface area contributed by atoms with Gasteiger partial charge in [0.1, 0.15) is 5.82 Å². The van der Waals surface area contributed by atoms with Gasteiger partial charge in [-0.1, -0.05) is 23.2 Å². The summed E-state index contributed by atoms with van der Waals surface area (Å²) in [6.45, 7) is 2.60. The molecule has 0 aromatic heterocycles. The first-order valence-electron chi connectivity index (χ1n) is 10.3. The summed E-state index contributed by atoms with van der Waals surface area (Å²) < 4.78 is 19.1. The lowest BCUT2D eigenvalue weighted by molar-refractivity contribution is -0.0334. The third-order valence-electron chi connectivity index (χ3n) is 5.21. The number of rotatable bonds is 7. The molecule has 1 heterocycles. The Morgan fingerprint density at radius 1 is 1.06 bits per heavy atom. The number of nitrogens with zero attached hydrogens (tertiary/aromatic N) is 3. The van der Waals surface area contributed by atoms with E-state index < -0.39 is 5.82 Å². The van der Waals surface area contributed by atoms with Crippen LogP contribution in [-0.4, -0.2) is 86.0 Å². The van der Waals surface area contributed by atoms with Gasteiger partial charge in [-0.15, -0.1) is 0 Å². The van der Waals surface area contributed by atoms with Crippen LogP contribution < -0.4 is 0 Å². The molecule has 0 unspecified atom stereocenters. The number of benzene rings is 2. The Morgan fingerprint density at radius 2 is 1.75 bits per heavy atom. The average Bonchev–Trinajstić information content (AvgIpc) is 2.78. The van der Waals surface area contributed by atoms with E-state index in [1.807, 2.05) is 19.0 Å². The summed E-state index contributed by atoms with van der Waals surface area (Å²) in [6, 6.07) is 10.3. The van der Waals surface area contributed by atoms with E-state index in [2.05, 4.69) is 0 Å². The molecule has 2 aromatic carbocycles. The number of halogens is 3. The minimum absolute atomic E-state index is 0.165. The standard InChI is InChI=1S/C23H26Cl2FN3O3/c1-27(2)9-10-28(22(30)16-3-6-18(26)7-4-16)14-19-15-29(11-12-32-19)23(31)17-5-8-20(24)21(25)13-17/h3-8,13,19H,9-12,14-15H2,1-2H3/t19-/m1/s1. The predicted molar refractivity (Wildman–Crippen MR) is 123 cm³/mol. The number of likely N-dealkylation sites (N-methyl/N-ethyl adjacent to an activating group) is 1. The molecule has 1 atom stereocenters. The lowest BCUT2D eigenvalue weighted by atomic mass is 10.1. The van der Waals surface area contributed by atoms with Crippen LogP contribution in [0.1, 0.15) is 20.7 Å². The number of ether oxygens (including phenoxy) is 1. The molecular formula is C23H26Cl2FN3O3. The first-order chi connectivity index (χ1) is 15.2. The number of hydrogen-bond acceptors (Lipinski definition) is 4. The number of amides is 2. The van der Waals surface area contributed by atoms with Crippen LogP contribution in [0.5, 0.6) is 0 Å². The van der Waals surface area contributed by atoms with Gasteiger partial charge in [-0.3, -0.25) is 9.59 Å². The van der Waals surface area contributed by atoms with E-state index in [1.165, 1.54) is 24.3 Å².